The Balaban J connectivity index is 0. The fourth-order valence-electron chi connectivity index (χ4n) is 0.852. The summed E-state index contributed by atoms with van der Waals surface area (Å²) in [5.41, 5.74) is 0.176. The maximum absolute atomic E-state index is 9.60. The maximum atomic E-state index is 9.60. The number of hydrogen-bond donors (Lipinski definition) is 2. The molecule has 1 N–H and O–H groups in total. The smallest absolute Gasteiger partial charge is 0.478 e. The summed E-state index contributed by atoms with van der Waals surface area (Å²) >= 11 is 4.10. The van der Waals surface area contributed by atoms with Crippen molar-refractivity contribution in [3.8, 4) is 0 Å². The number of carboxylic acids is 1. The molecule has 17 heavy (non-hydrogen) atoms. The summed E-state index contributed by atoms with van der Waals surface area (Å²) in [5, 5.41) is 7.89. The SMILES string of the molecule is C=C(C)C(=O)O.CO[Si](CCCS)(OC)OC. The minimum Gasteiger partial charge on any atom is -0.478 e. The van der Waals surface area contributed by atoms with Crippen LogP contribution in [0.4, 0.5) is 0 Å². The van der Waals surface area contributed by atoms with Crippen LogP contribution in [0.5, 0.6) is 0 Å². The normalized spacial score (nSPS) is 10.4. The lowest BCUT2D eigenvalue weighted by molar-refractivity contribution is -0.132. The number of carboxylic acid groups (broad SMARTS) is 1. The highest BCUT2D eigenvalue weighted by molar-refractivity contribution is 7.80. The number of carbonyl (C=O) groups is 1. The predicted octanol–water partition coefficient (Wildman–Crippen LogP) is 1.83. The van der Waals surface area contributed by atoms with Gasteiger partial charge in [0.05, 0.1) is 0 Å². The Labute approximate surface area is 110 Å². The molecule has 0 aromatic carbocycles. The van der Waals surface area contributed by atoms with Gasteiger partial charge in [0, 0.05) is 32.9 Å². The molecule has 0 heterocycles. The van der Waals surface area contributed by atoms with E-state index in [2.05, 4.69) is 19.2 Å². The number of aliphatic carboxylic acids is 1. The van der Waals surface area contributed by atoms with Crippen molar-refractivity contribution in [1.82, 2.24) is 0 Å². The fourth-order valence-corrected chi connectivity index (χ4v) is 3.03. The fraction of sp³-hybridized carbons (Fsp3) is 0.700. The first-order chi connectivity index (χ1) is 7.89. The Kier molecular flexibility index (Phi) is 12.1. The van der Waals surface area contributed by atoms with Crippen LogP contribution < -0.4 is 0 Å². The van der Waals surface area contributed by atoms with Crippen molar-refractivity contribution < 1.29 is 23.2 Å². The number of rotatable bonds is 7. The zero-order valence-electron chi connectivity index (χ0n) is 10.9. The largest absolute Gasteiger partial charge is 0.500 e. The van der Waals surface area contributed by atoms with Crippen molar-refractivity contribution in [2.24, 2.45) is 0 Å². The van der Waals surface area contributed by atoms with Crippen molar-refractivity contribution in [3.63, 3.8) is 0 Å². The standard InChI is InChI=1S/C6H16O3SSi.C4H6O2/c1-7-11(8-2,9-3)6-4-5-10;1-3(2)4(5)6/h10H,4-6H2,1-3H3;1H2,2H3,(H,5,6). The molecule has 0 spiro atoms. The van der Waals surface area contributed by atoms with E-state index in [1.165, 1.54) is 6.92 Å². The first-order valence-corrected chi connectivity index (χ1v) is 7.60. The molecule has 0 aromatic heterocycles. The highest BCUT2D eigenvalue weighted by Gasteiger charge is 2.36. The molecule has 102 valence electrons. The van der Waals surface area contributed by atoms with Crippen molar-refractivity contribution in [3.05, 3.63) is 12.2 Å². The molecule has 0 aliphatic heterocycles. The summed E-state index contributed by atoms with van der Waals surface area (Å²) < 4.78 is 15.6. The summed E-state index contributed by atoms with van der Waals surface area (Å²) in [7, 11) is 2.58. The second-order valence-electron chi connectivity index (χ2n) is 3.21. The molecule has 5 nitrogen and oxygen atoms in total. The lowest BCUT2D eigenvalue weighted by Gasteiger charge is -2.23. The van der Waals surface area contributed by atoms with Crippen LogP contribution in [0.25, 0.3) is 0 Å². The van der Waals surface area contributed by atoms with E-state index in [-0.39, 0.29) is 5.57 Å². The Morgan fingerprint density at radius 3 is 1.82 bits per heavy atom. The zero-order chi connectivity index (χ0) is 13.9. The lowest BCUT2D eigenvalue weighted by atomic mass is 10.4. The summed E-state index contributed by atoms with van der Waals surface area (Å²) in [4.78, 5) is 9.60. The molecule has 0 aliphatic rings. The second-order valence-corrected chi connectivity index (χ2v) is 6.75. The van der Waals surface area contributed by atoms with Gasteiger partial charge in [-0.15, -0.1) is 0 Å². The van der Waals surface area contributed by atoms with E-state index in [0.717, 1.165) is 18.2 Å². The minimum atomic E-state index is -2.29. The number of thiol groups is 1. The molecule has 0 radical (unpaired) electrons. The molecule has 0 unspecified atom stereocenters. The molecule has 7 heteroatoms. The van der Waals surface area contributed by atoms with E-state index >= 15 is 0 Å². The van der Waals surface area contributed by atoms with E-state index in [1.54, 1.807) is 21.3 Å². The Morgan fingerprint density at radius 1 is 1.29 bits per heavy atom. The summed E-state index contributed by atoms with van der Waals surface area (Å²) in [6, 6.07) is 0.833. The van der Waals surface area contributed by atoms with Gasteiger partial charge in [0.15, 0.2) is 0 Å². The molecule has 0 aromatic rings. The maximum Gasteiger partial charge on any atom is 0.500 e. The van der Waals surface area contributed by atoms with Crippen LogP contribution in [-0.2, 0) is 18.1 Å². The highest BCUT2D eigenvalue weighted by Crippen LogP contribution is 2.14. The molecule has 0 saturated heterocycles. The molecule has 0 aliphatic carbocycles. The molecule has 0 rings (SSSR count). The Hall–Kier alpha value is -0.343. The van der Waals surface area contributed by atoms with Crippen LogP contribution in [0.15, 0.2) is 12.2 Å². The van der Waals surface area contributed by atoms with Gasteiger partial charge in [-0.25, -0.2) is 4.79 Å². The van der Waals surface area contributed by atoms with Gasteiger partial charge in [-0.3, -0.25) is 0 Å². The van der Waals surface area contributed by atoms with E-state index in [0.29, 0.717) is 0 Å². The second kappa shape index (κ2) is 10.8. The molecule has 0 atom stereocenters. The van der Waals surface area contributed by atoms with Crippen molar-refractivity contribution in [2.75, 3.05) is 27.1 Å². The van der Waals surface area contributed by atoms with Crippen LogP contribution in [0, 0.1) is 0 Å². The third-order valence-electron chi connectivity index (χ3n) is 1.94. The van der Waals surface area contributed by atoms with Crippen LogP contribution in [0.1, 0.15) is 13.3 Å². The van der Waals surface area contributed by atoms with E-state index in [4.69, 9.17) is 18.4 Å². The highest BCUT2D eigenvalue weighted by atomic mass is 32.1. The third kappa shape index (κ3) is 9.37. The predicted molar refractivity (Wildman–Crippen MR) is 72.5 cm³/mol. The monoisotopic (exact) mass is 282 g/mol. The van der Waals surface area contributed by atoms with Gasteiger partial charge < -0.3 is 18.4 Å². The first-order valence-electron chi connectivity index (χ1n) is 5.04. The van der Waals surface area contributed by atoms with Crippen LogP contribution >= 0.6 is 12.6 Å². The van der Waals surface area contributed by atoms with Crippen LogP contribution in [0.3, 0.4) is 0 Å². The van der Waals surface area contributed by atoms with Gasteiger partial charge in [-0.05, 0) is 19.1 Å². The average Bonchev–Trinajstić information content (AvgIpc) is 2.32. The van der Waals surface area contributed by atoms with Crippen LogP contribution in [0.2, 0.25) is 6.04 Å². The quantitative estimate of drug-likeness (QED) is 0.424. The van der Waals surface area contributed by atoms with Gasteiger partial charge >= 0.3 is 14.8 Å². The molecular weight excluding hydrogens is 260 g/mol. The van der Waals surface area contributed by atoms with Gasteiger partial charge in [-0.1, -0.05) is 6.58 Å². The Bertz CT molecular complexity index is 210. The summed E-state index contributed by atoms with van der Waals surface area (Å²) in [6.45, 7) is 4.60. The van der Waals surface area contributed by atoms with E-state index < -0.39 is 14.8 Å². The lowest BCUT2D eigenvalue weighted by Crippen LogP contribution is -2.42. The summed E-state index contributed by atoms with van der Waals surface area (Å²) in [6.07, 6.45) is 0.963. The van der Waals surface area contributed by atoms with Crippen molar-refractivity contribution in [2.45, 2.75) is 19.4 Å². The third-order valence-corrected chi connectivity index (χ3v) is 5.09. The Morgan fingerprint density at radius 2 is 1.65 bits per heavy atom. The molecular formula is C10H22O5SSi. The molecule has 0 saturated carbocycles. The zero-order valence-corrected chi connectivity index (χ0v) is 12.8. The molecule has 0 fully saturated rings. The topological polar surface area (TPSA) is 65.0 Å². The average molecular weight is 282 g/mol. The molecule has 0 bridgehead atoms. The first kappa shape index (κ1) is 19.0. The minimum absolute atomic E-state index is 0.176. The van der Waals surface area contributed by atoms with Gasteiger partial charge in [-0.2, -0.15) is 12.6 Å². The summed E-state index contributed by atoms with van der Waals surface area (Å²) in [5.74, 6) is -0.0971. The van der Waals surface area contributed by atoms with Crippen molar-refractivity contribution in [1.29, 1.82) is 0 Å². The number of hydrogen-bond acceptors (Lipinski definition) is 5. The van der Waals surface area contributed by atoms with Crippen LogP contribution in [-0.4, -0.2) is 47.0 Å². The van der Waals surface area contributed by atoms with Gasteiger partial charge in [0.1, 0.15) is 0 Å². The van der Waals surface area contributed by atoms with Gasteiger partial charge in [0.25, 0.3) is 0 Å². The van der Waals surface area contributed by atoms with Gasteiger partial charge in [0.2, 0.25) is 0 Å². The molecule has 0 amide bonds. The van der Waals surface area contributed by atoms with E-state index in [9.17, 15) is 4.79 Å². The van der Waals surface area contributed by atoms with Crippen molar-refractivity contribution >= 4 is 27.4 Å². The van der Waals surface area contributed by atoms with E-state index in [1.807, 2.05) is 0 Å².